The number of alkyl halides is 1. The van der Waals surface area contributed by atoms with Crippen molar-refractivity contribution in [3.63, 3.8) is 0 Å². The van der Waals surface area contributed by atoms with Gasteiger partial charge in [-0.05, 0) is 31.0 Å². The third-order valence-electron chi connectivity index (χ3n) is 5.75. The van der Waals surface area contributed by atoms with E-state index in [-0.39, 0.29) is 11.8 Å². The van der Waals surface area contributed by atoms with Crippen molar-refractivity contribution in [2.24, 2.45) is 0 Å². The van der Waals surface area contributed by atoms with Crippen molar-refractivity contribution < 1.29 is 14.2 Å². The van der Waals surface area contributed by atoms with Crippen LogP contribution in [0.2, 0.25) is 0 Å². The van der Waals surface area contributed by atoms with Crippen LogP contribution < -0.4 is 10.1 Å². The lowest BCUT2D eigenvalue weighted by atomic mass is 9.84. The third kappa shape index (κ3) is 3.55. The fourth-order valence-electron chi connectivity index (χ4n) is 4.26. The van der Waals surface area contributed by atoms with Crippen LogP contribution in [0.15, 0.2) is 49.1 Å². The number of imidazole rings is 1. The first-order valence-electron chi connectivity index (χ1n) is 9.89. The van der Waals surface area contributed by atoms with Crippen LogP contribution >= 0.6 is 0 Å². The molecule has 2 saturated heterocycles. The summed E-state index contributed by atoms with van der Waals surface area (Å²) in [6.45, 7) is 0. The molecule has 2 aliphatic rings. The summed E-state index contributed by atoms with van der Waals surface area (Å²) in [7, 11) is 0. The largest absolute Gasteiger partial charge is 0.507 e. The van der Waals surface area contributed by atoms with Gasteiger partial charge in [-0.1, -0.05) is 6.42 Å². The minimum absolute atomic E-state index is 0.0918. The highest BCUT2D eigenvalue weighted by Gasteiger charge is 2.41. The van der Waals surface area contributed by atoms with Gasteiger partial charge in [-0.25, -0.2) is 9.37 Å². The minimum Gasteiger partial charge on any atom is -0.507 e. The number of ether oxygens (including phenoxy) is 1. The van der Waals surface area contributed by atoms with Gasteiger partial charge in [0.05, 0.1) is 17.7 Å². The van der Waals surface area contributed by atoms with Crippen molar-refractivity contribution in [2.75, 3.05) is 0 Å². The van der Waals surface area contributed by atoms with Crippen LogP contribution in [0.3, 0.4) is 0 Å². The first-order chi connectivity index (χ1) is 14.2. The maximum atomic E-state index is 14.7. The summed E-state index contributed by atoms with van der Waals surface area (Å²) in [5.41, 5.74) is 1.88. The molecule has 8 heteroatoms. The number of nitrogens with zero attached hydrogens (tertiary/aromatic N) is 4. The Morgan fingerprint density at radius 2 is 2.10 bits per heavy atom. The first-order valence-corrected chi connectivity index (χ1v) is 9.89. The number of nitrogens with one attached hydrogen (secondary N) is 1. The monoisotopic (exact) mass is 395 g/mol. The highest BCUT2D eigenvalue weighted by atomic mass is 19.1. The maximum Gasteiger partial charge on any atom is 0.233 e. The molecule has 4 heterocycles. The number of phenolic OH excluding ortho intramolecular Hbond substituents is 1. The highest BCUT2D eigenvalue weighted by molar-refractivity contribution is 5.68. The van der Waals surface area contributed by atoms with Gasteiger partial charge in [-0.2, -0.15) is 0 Å². The molecule has 0 unspecified atom stereocenters. The topological polar surface area (TPSA) is 85.1 Å². The average molecular weight is 395 g/mol. The zero-order valence-electron chi connectivity index (χ0n) is 15.8. The number of hydrogen-bond donors (Lipinski definition) is 2. The lowest BCUT2D eigenvalue weighted by Crippen LogP contribution is -2.59. The van der Waals surface area contributed by atoms with E-state index in [1.54, 1.807) is 47.6 Å². The Labute approximate surface area is 167 Å². The van der Waals surface area contributed by atoms with Crippen LogP contribution in [0.1, 0.15) is 25.7 Å². The molecular formula is C21H22FN5O2. The van der Waals surface area contributed by atoms with Crippen molar-refractivity contribution >= 4 is 0 Å². The molecule has 1 aromatic carbocycles. The number of piperidine rings is 2. The maximum absolute atomic E-state index is 14.7. The predicted molar refractivity (Wildman–Crippen MR) is 105 cm³/mol. The van der Waals surface area contributed by atoms with Crippen LogP contribution in [0, 0.1) is 0 Å². The smallest absolute Gasteiger partial charge is 0.233 e. The van der Waals surface area contributed by atoms with Crippen molar-refractivity contribution in [2.45, 2.75) is 50.0 Å². The van der Waals surface area contributed by atoms with E-state index in [4.69, 9.17) is 4.74 Å². The zero-order chi connectivity index (χ0) is 19.8. The normalized spacial score (nSPS) is 26.2. The molecule has 150 valence electrons. The molecule has 29 heavy (non-hydrogen) atoms. The second-order valence-electron chi connectivity index (χ2n) is 7.67. The molecule has 2 aromatic heterocycles. The molecule has 2 N–H and O–H groups in total. The van der Waals surface area contributed by atoms with Gasteiger partial charge < -0.3 is 19.7 Å². The van der Waals surface area contributed by atoms with E-state index in [1.807, 2.05) is 6.07 Å². The molecule has 0 aliphatic carbocycles. The van der Waals surface area contributed by atoms with E-state index in [0.717, 1.165) is 24.9 Å². The average Bonchev–Trinajstić information content (AvgIpc) is 3.28. The summed E-state index contributed by atoms with van der Waals surface area (Å²) >= 11 is 0. The first kappa shape index (κ1) is 18.1. The quantitative estimate of drug-likeness (QED) is 0.706. The molecule has 2 bridgehead atoms. The van der Waals surface area contributed by atoms with Crippen molar-refractivity contribution in [1.82, 2.24) is 25.1 Å². The number of hydrogen-bond acceptors (Lipinski definition) is 6. The second-order valence-corrected chi connectivity index (χ2v) is 7.67. The zero-order valence-corrected chi connectivity index (χ0v) is 15.8. The second kappa shape index (κ2) is 7.44. The molecule has 0 saturated carbocycles. The Bertz CT molecular complexity index is 979. The SMILES string of the molecule is Oc1cc(-n2ccnc2)ccc1-c1ccc(O[C@@H]2C[C@H]3CCC[C@H](N3)[C@@H]2F)nn1. The lowest BCUT2D eigenvalue weighted by Gasteiger charge is -2.42. The predicted octanol–water partition coefficient (Wildman–Crippen LogP) is 3.03. The Morgan fingerprint density at radius 1 is 1.17 bits per heavy atom. The molecule has 4 atom stereocenters. The molecule has 0 amide bonds. The van der Waals surface area contributed by atoms with Gasteiger partial charge in [0.1, 0.15) is 11.9 Å². The number of rotatable bonds is 4. The van der Waals surface area contributed by atoms with Gasteiger partial charge >= 0.3 is 0 Å². The summed E-state index contributed by atoms with van der Waals surface area (Å²) in [5, 5.41) is 22.0. The van der Waals surface area contributed by atoms with Gasteiger partial charge in [0, 0.05) is 48.6 Å². The standard InChI is InChI=1S/C21H22FN5O2/c22-21-17-3-1-2-13(24-17)10-19(21)29-20-7-6-16(25-26-20)15-5-4-14(11-18(15)28)27-9-8-23-12-27/h4-9,11-13,17,19,21,24,28H,1-3,10H2/t13-,17+,19-,21+/m1/s1. The van der Waals surface area contributed by atoms with E-state index in [1.165, 1.54) is 0 Å². The molecule has 5 rings (SSSR count). The number of phenols is 1. The summed E-state index contributed by atoms with van der Waals surface area (Å²) in [4.78, 5) is 4.00. The Kier molecular flexibility index (Phi) is 4.63. The van der Waals surface area contributed by atoms with Gasteiger partial charge in [-0.3, -0.25) is 0 Å². The molecule has 2 aliphatic heterocycles. The lowest BCUT2D eigenvalue weighted by molar-refractivity contribution is 0.00652. The minimum atomic E-state index is -1.05. The number of aromatic hydroxyl groups is 1. The van der Waals surface area contributed by atoms with E-state index in [2.05, 4.69) is 20.5 Å². The van der Waals surface area contributed by atoms with E-state index < -0.39 is 12.3 Å². The summed E-state index contributed by atoms with van der Waals surface area (Å²) in [6.07, 6.45) is 7.18. The molecule has 0 spiro atoms. The molecule has 2 fully saturated rings. The van der Waals surface area contributed by atoms with Crippen LogP contribution in [-0.4, -0.2) is 49.2 Å². The Balaban J connectivity index is 1.31. The third-order valence-corrected chi connectivity index (χ3v) is 5.75. The fourth-order valence-corrected chi connectivity index (χ4v) is 4.26. The van der Waals surface area contributed by atoms with Gasteiger partial charge in [0.25, 0.3) is 0 Å². The Morgan fingerprint density at radius 3 is 2.86 bits per heavy atom. The fraction of sp³-hybridized carbons (Fsp3) is 0.381. The van der Waals surface area contributed by atoms with Crippen LogP contribution in [0.4, 0.5) is 4.39 Å². The van der Waals surface area contributed by atoms with E-state index in [0.29, 0.717) is 29.6 Å². The molecule has 7 nitrogen and oxygen atoms in total. The number of halogens is 1. The number of aromatic nitrogens is 4. The Hall–Kier alpha value is -3.00. The number of fused-ring (bicyclic) bond motifs is 2. The number of benzene rings is 1. The van der Waals surface area contributed by atoms with Gasteiger partial charge in [0.15, 0.2) is 6.17 Å². The van der Waals surface area contributed by atoms with Crippen molar-refractivity contribution in [3.8, 4) is 28.6 Å². The summed E-state index contributed by atoms with van der Waals surface area (Å²) < 4.78 is 22.3. The van der Waals surface area contributed by atoms with Crippen molar-refractivity contribution in [1.29, 1.82) is 0 Å². The van der Waals surface area contributed by atoms with E-state index in [9.17, 15) is 9.50 Å². The van der Waals surface area contributed by atoms with Crippen LogP contribution in [0.25, 0.3) is 16.9 Å². The van der Waals surface area contributed by atoms with Crippen LogP contribution in [0.5, 0.6) is 11.6 Å². The summed E-state index contributed by atoms with van der Waals surface area (Å²) in [6, 6.07) is 8.87. The molecule has 0 radical (unpaired) electrons. The van der Waals surface area contributed by atoms with Gasteiger partial charge in [0.2, 0.25) is 5.88 Å². The van der Waals surface area contributed by atoms with E-state index >= 15 is 0 Å². The summed E-state index contributed by atoms with van der Waals surface area (Å²) in [5.74, 6) is 0.394. The van der Waals surface area contributed by atoms with Gasteiger partial charge in [-0.15, -0.1) is 10.2 Å². The molecule has 3 aromatic rings. The molecular weight excluding hydrogens is 373 g/mol. The van der Waals surface area contributed by atoms with Crippen LogP contribution in [-0.2, 0) is 0 Å². The van der Waals surface area contributed by atoms with Crippen molar-refractivity contribution in [3.05, 3.63) is 49.1 Å². The highest BCUT2D eigenvalue weighted by Crippen LogP contribution is 2.32.